The number of benzene rings is 2. The second-order valence-electron chi connectivity index (χ2n) is 7.79. The maximum absolute atomic E-state index is 13.5. The molecule has 0 bridgehead atoms. The third-order valence-electron chi connectivity index (χ3n) is 5.80. The summed E-state index contributed by atoms with van der Waals surface area (Å²) in [7, 11) is 0. The molecule has 29 heavy (non-hydrogen) atoms. The van der Waals surface area contributed by atoms with Gasteiger partial charge in [0.05, 0.1) is 17.5 Å². The number of nitrogens with zero attached hydrogens (tertiary/aromatic N) is 2. The fourth-order valence-electron chi connectivity index (χ4n) is 4.56. The highest BCUT2D eigenvalue weighted by Crippen LogP contribution is 2.42. The molecule has 0 radical (unpaired) electrons. The minimum Gasteiger partial charge on any atom is -0.481 e. The molecule has 0 spiro atoms. The number of carbonyl (C=O) groups is 1. The molecule has 1 unspecified atom stereocenters. The molecule has 1 N–H and O–H groups in total. The van der Waals surface area contributed by atoms with Gasteiger partial charge in [-0.15, -0.1) is 11.8 Å². The Bertz CT molecular complexity index is 1110. The molecule has 6 heteroatoms. The predicted octanol–water partition coefficient (Wildman–Crippen LogP) is 4.82. The number of carboxylic acid groups (broad SMARTS) is 1. The van der Waals surface area contributed by atoms with Gasteiger partial charge in [-0.3, -0.25) is 13.9 Å². The molecular formula is C23H26N2O3S. The highest BCUT2D eigenvalue weighted by Gasteiger charge is 2.28. The van der Waals surface area contributed by atoms with Crippen LogP contribution in [0.3, 0.4) is 0 Å². The lowest BCUT2D eigenvalue weighted by Gasteiger charge is -2.16. The summed E-state index contributed by atoms with van der Waals surface area (Å²) in [5, 5.41) is 9.39. The smallest absolute Gasteiger partial charge is 0.329 e. The molecule has 3 aromatic rings. The third-order valence-corrected chi connectivity index (χ3v) is 7.04. The van der Waals surface area contributed by atoms with E-state index in [1.807, 2.05) is 47.5 Å². The maximum Gasteiger partial charge on any atom is 0.329 e. The number of aliphatic carboxylic acids is 1. The molecule has 1 aromatic heterocycles. The number of aryl methyl sites for hydroxylation is 1. The van der Waals surface area contributed by atoms with E-state index in [1.54, 1.807) is 4.57 Å². The molecule has 0 saturated carbocycles. The van der Waals surface area contributed by atoms with Crippen LogP contribution in [-0.2, 0) is 11.3 Å². The number of para-hydroxylation sites is 2. The van der Waals surface area contributed by atoms with Gasteiger partial charge in [-0.25, -0.2) is 4.79 Å². The fourth-order valence-corrected chi connectivity index (χ4v) is 5.87. The van der Waals surface area contributed by atoms with E-state index in [0.717, 1.165) is 23.2 Å². The zero-order chi connectivity index (χ0) is 20.5. The topological polar surface area (TPSA) is 64.2 Å². The summed E-state index contributed by atoms with van der Waals surface area (Å²) < 4.78 is 3.57. The molecule has 2 aromatic carbocycles. The Kier molecular flexibility index (Phi) is 5.54. The van der Waals surface area contributed by atoms with Gasteiger partial charge in [-0.05, 0) is 42.7 Å². The molecule has 5 nitrogen and oxygen atoms in total. The van der Waals surface area contributed by atoms with Crippen molar-refractivity contribution in [3.8, 4) is 0 Å². The second-order valence-corrected chi connectivity index (χ2v) is 8.85. The first-order valence-electron chi connectivity index (χ1n) is 10.1. The standard InChI is InChI=1S/C23H26N2O3S/c1-3-7-17(12-21(26)27)25-19-10-5-4-9-18(19)24(23(25)28)13-16-14-29-20-11-6-8-15(2)22(16)20/h4-6,8-11,16-17H,3,7,12-14H2,1-2H3,(H,26,27)/t16?,17-/m1/s1. The number of carboxylic acids is 1. The van der Waals surface area contributed by atoms with Crippen molar-refractivity contribution in [2.75, 3.05) is 5.75 Å². The van der Waals surface area contributed by atoms with Gasteiger partial charge >= 0.3 is 11.7 Å². The Labute approximate surface area is 174 Å². The molecule has 2 atom stereocenters. The van der Waals surface area contributed by atoms with Crippen LogP contribution in [0.15, 0.2) is 52.2 Å². The Hall–Kier alpha value is -2.47. The van der Waals surface area contributed by atoms with Crippen molar-refractivity contribution < 1.29 is 9.90 Å². The number of thioether (sulfide) groups is 1. The molecule has 0 saturated heterocycles. The highest BCUT2D eigenvalue weighted by molar-refractivity contribution is 7.99. The zero-order valence-electron chi connectivity index (χ0n) is 16.8. The van der Waals surface area contributed by atoms with Gasteiger partial charge in [0, 0.05) is 29.2 Å². The number of fused-ring (bicyclic) bond motifs is 2. The molecule has 0 amide bonds. The largest absolute Gasteiger partial charge is 0.481 e. The SMILES string of the molecule is CCC[C@H](CC(=O)O)n1c(=O)n(CC2CSc3cccc(C)c32)c2ccccc21. The fraction of sp³-hybridized carbons (Fsp3) is 0.391. The summed E-state index contributed by atoms with van der Waals surface area (Å²) in [6, 6.07) is 13.8. The van der Waals surface area contributed by atoms with Crippen molar-refractivity contribution in [3.05, 3.63) is 64.1 Å². The van der Waals surface area contributed by atoms with Crippen molar-refractivity contribution in [3.63, 3.8) is 0 Å². The van der Waals surface area contributed by atoms with Crippen LogP contribution in [-0.4, -0.2) is 26.0 Å². The number of imidazole rings is 1. The normalized spacial score (nSPS) is 16.8. The van der Waals surface area contributed by atoms with Crippen molar-refractivity contribution in [1.82, 2.24) is 9.13 Å². The lowest BCUT2D eigenvalue weighted by atomic mass is 9.96. The molecule has 1 aliphatic heterocycles. The van der Waals surface area contributed by atoms with Crippen LogP contribution in [0.4, 0.5) is 0 Å². The predicted molar refractivity (Wildman–Crippen MR) is 117 cm³/mol. The Morgan fingerprint density at radius 1 is 1.21 bits per heavy atom. The van der Waals surface area contributed by atoms with Crippen LogP contribution < -0.4 is 5.69 Å². The summed E-state index contributed by atoms with van der Waals surface area (Å²) in [5.41, 5.74) is 4.22. The van der Waals surface area contributed by atoms with Crippen LogP contribution in [0.2, 0.25) is 0 Å². The average Bonchev–Trinajstić information content (AvgIpc) is 3.22. The molecule has 1 aliphatic rings. The summed E-state index contributed by atoms with van der Waals surface area (Å²) in [6.45, 7) is 4.77. The second kappa shape index (κ2) is 8.11. The van der Waals surface area contributed by atoms with E-state index < -0.39 is 5.97 Å². The van der Waals surface area contributed by atoms with Gasteiger partial charge in [-0.1, -0.05) is 37.6 Å². The lowest BCUT2D eigenvalue weighted by Crippen LogP contribution is -2.30. The van der Waals surface area contributed by atoms with E-state index >= 15 is 0 Å². The Morgan fingerprint density at radius 3 is 2.69 bits per heavy atom. The number of aromatic nitrogens is 2. The van der Waals surface area contributed by atoms with Gasteiger partial charge in [0.15, 0.2) is 0 Å². The van der Waals surface area contributed by atoms with E-state index in [2.05, 4.69) is 25.1 Å². The van der Waals surface area contributed by atoms with E-state index in [-0.39, 0.29) is 24.1 Å². The first-order valence-corrected chi connectivity index (χ1v) is 11.1. The Balaban J connectivity index is 1.80. The number of hydrogen-bond acceptors (Lipinski definition) is 3. The van der Waals surface area contributed by atoms with Crippen molar-refractivity contribution in [1.29, 1.82) is 0 Å². The molecule has 152 valence electrons. The molecule has 2 heterocycles. The van der Waals surface area contributed by atoms with E-state index in [9.17, 15) is 14.7 Å². The van der Waals surface area contributed by atoms with Crippen LogP contribution in [0.1, 0.15) is 49.3 Å². The van der Waals surface area contributed by atoms with Gasteiger partial charge in [-0.2, -0.15) is 0 Å². The minimum atomic E-state index is -0.871. The zero-order valence-corrected chi connectivity index (χ0v) is 17.6. The molecule has 4 rings (SSSR count). The quantitative estimate of drug-likeness (QED) is 0.607. The summed E-state index contributed by atoms with van der Waals surface area (Å²) in [5.74, 6) is 0.362. The average molecular weight is 411 g/mol. The Morgan fingerprint density at radius 2 is 1.97 bits per heavy atom. The minimum absolute atomic E-state index is 0.0387. The van der Waals surface area contributed by atoms with Crippen molar-refractivity contribution in [2.45, 2.75) is 56.5 Å². The summed E-state index contributed by atoms with van der Waals surface area (Å²) >= 11 is 1.85. The van der Waals surface area contributed by atoms with Crippen LogP contribution in [0.5, 0.6) is 0 Å². The molecule has 0 aliphatic carbocycles. The first kappa shape index (κ1) is 19.8. The monoisotopic (exact) mass is 410 g/mol. The van der Waals surface area contributed by atoms with E-state index in [1.165, 1.54) is 16.0 Å². The van der Waals surface area contributed by atoms with Crippen molar-refractivity contribution in [2.24, 2.45) is 0 Å². The van der Waals surface area contributed by atoms with Crippen LogP contribution >= 0.6 is 11.8 Å². The van der Waals surface area contributed by atoms with Gasteiger partial charge in [0.1, 0.15) is 0 Å². The third kappa shape index (κ3) is 3.62. The molecular weight excluding hydrogens is 384 g/mol. The summed E-state index contributed by atoms with van der Waals surface area (Å²) in [6.07, 6.45) is 1.46. The number of hydrogen-bond donors (Lipinski definition) is 1. The van der Waals surface area contributed by atoms with Crippen LogP contribution in [0.25, 0.3) is 11.0 Å². The maximum atomic E-state index is 13.5. The van der Waals surface area contributed by atoms with Gasteiger partial charge in [0.25, 0.3) is 0 Å². The highest BCUT2D eigenvalue weighted by atomic mass is 32.2. The number of rotatable bonds is 7. The van der Waals surface area contributed by atoms with Crippen molar-refractivity contribution >= 4 is 28.8 Å². The van der Waals surface area contributed by atoms with Crippen LogP contribution in [0, 0.1) is 6.92 Å². The van der Waals surface area contributed by atoms with Gasteiger partial charge in [0.2, 0.25) is 0 Å². The van der Waals surface area contributed by atoms with E-state index in [0.29, 0.717) is 13.0 Å². The lowest BCUT2D eigenvalue weighted by molar-refractivity contribution is -0.137. The van der Waals surface area contributed by atoms with E-state index in [4.69, 9.17) is 0 Å². The molecule has 0 fully saturated rings. The van der Waals surface area contributed by atoms with Gasteiger partial charge < -0.3 is 5.11 Å². The first-order chi connectivity index (χ1) is 14.0. The summed E-state index contributed by atoms with van der Waals surface area (Å²) in [4.78, 5) is 26.2.